The van der Waals surface area contributed by atoms with Gasteiger partial charge >= 0.3 is 6.18 Å². The summed E-state index contributed by atoms with van der Waals surface area (Å²) >= 11 is 0. The largest absolute Gasteiger partial charge is 0.468 e. The van der Waals surface area contributed by atoms with Crippen molar-refractivity contribution in [3.63, 3.8) is 0 Å². The van der Waals surface area contributed by atoms with Crippen molar-refractivity contribution in [2.75, 3.05) is 26.2 Å². The molecule has 4 rings (SSSR count). The smallest absolute Gasteiger partial charge is 0.422 e. The Labute approximate surface area is 212 Å². The van der Waals surface area contributed by atoms with Gasteiger partial charge < -0.3 is 15.0 Å². The second-order valence-electron chi connectivity index (χ2n) is 10.0. The minimum Gasteiger partial charge on any atom is -0.468 e. The van der Waals surface area contributed by atoms with Crippen LogP contribution in [0.1, 0.15) is 48.9 Å². The van der Waals surface area contributed by atoms with E-state index in [0.29, 0.717) is 58.0 Å². The van der Waals surface area contributed by atoms with Gasteiger partial charge in [0, 0.05) is 62.7 Å². The fourth-order valence-electron chi connectivity index (χ4n) is 5.04. The molecule has 12 heteroatoms. The highest BCUT2D eigenvalue weighted by molar-refractivity contribution is 5.78. The standard InChI is InChI=1S/C25H32F5N5O2/c1-34-15-18(23(26)33-34)14-21(36)31-19-4-8-24(27,9-5-19)10-13-35-11-6-17-2-3-22(32-20(17)7-12-35)37-16-25(28,29)30/h2-3,15,19H,4-14,16H2,1H3,(H,31,36). The Balaban J connectivity index is 1.20. The van der Waals surface area contributed by atoms with Crippen molar-refractivity contribution in [1.82, 2.24) is 25.0 Å². The summed E-state index contributed by atoms with van der Waals surface area (Å²) in [6.45, 7) is 0.551. The lowest BCUT2D eigenvalue weighted by Crippen LogP contribution is -2.43. The van der Waals surface area contributed by atoms with Crippen LogP contribution in [0.3, 0.4) is 0 Å². The summed E-state index contributed by atoms with van der Waals surface area (Å²) in [5.74, 6) is -0.999. The number of alkyl halides is 4. The van der Waals surface area contributed by atoms with Crippen molar-refractivity contribution >= 4 is 5.91 Å². The van der Waals surface area contributed by atoms with E-state index in [4.69, 9.17) is 4.74 Å². The van der Waals surface area contributed by atoms with Gasteiger partial charge in [0.05, 0.1) is 6.42 Å². The number of hydrogen-bond donors (Lipinski definition) is 1. The van der Waals surface area contributed by atoms with Gasteiger partial charge in [0.15, 0.2) is 6.61 Å². The molecule has 1 amide bonds. The lowest BCUT2D eigenvalue weighted by molar-refractivity contribution is -0.154. The molecule has 2 aromatic heterocycles. The number of nitrogens with zero attached hydrogens (tertiary/aromatic N) is 4. The Morgan fingerprint density at radius 3 is 2.62 bits per heavy atom. The van der Waals surface area contributed by atoms with Crippen LogP contribution in [0.25, 0.3) is 0 Å². The number of nitrogens with one attached hydrogen (secondary N) is 1. The lowest BCUT2D eigenvalue weighted by atomic mass is 9.81. The number of fused-ring (bicyclic) bond motifs is 1. The SMILES string of the molecule is Cn1cc(CC(=O)NC2CCC(F)(CCN3CCc4ccc(OCC(F)(F)F)nc4CC3)CC2)c(F)n1. The van der Waals surface area contributed by atoms with E-state index in [9.17, 15) is 22.4 Å². The molecule has 1 saturated carbocycles. The zero-order valence-corrected chi connectivity index (χ0v) is 20.8. The van der Waals surface area contributed by atoms with Crippen LogP contribution in [0, 0.1) is 5.95 Å². The fraction of sp³-hybridized carbons (Fsp3) is 0.640. The van der Waals surface area contributed by atoms with Crippen LogP contribution in [-0.4, -0.2) is 69.7 Å². The number of carbonyl (C=O) groups is 1. The summed E-state index contributed by atoms with van der Waals surface area (Å²) in [5.41, 5.74) is 0.612. The van der Waals surface area contributed by atoms with E-state index in [1.54, 1.807) is 13.1 Å². The van der Waals surface area contributed by atoms with Crippen LogP contribution < -0.4 is 10.1 Å². The summed E-state index contributed by atoms with van der Waals surface area (Å²) in [5, 5.41) is 6.48. The van der Waals surface area contributed by atoms with Crippen molar-refractivity contribution in [2.24, 2.45) is 7.05 Å². The average molecular weight is 530 g/mol. The fourth-order valence-corrected chi connectivity index (χ4v) is 5.04. The Morgan fingerprint density at radius 1 is 1.22 bits per heavy atom. The van der Waals surface area contributed by atoms with Gasteiger partial charge in [-0.2, -0.15) is 17.6 Å². The third-order valence-corrected chi connectivity index (χ3v) is 7.12. The Bertz CT molecular complexity index is 1080. The first-order valence-corrected chi connectivity index (χ1v) is 12.5. The number of ether oxygens (including phenoxy) is 1. The van der Waals surface area contributed by atoms with Crippen LogP contribution in [0.15, 0.2) is 18.3 Å². The van der Waals surface area contributed by atoms with E-state index in [1.807, 2.05) is 0 Å². The number of carbonyl (C=O) groups excluding carboxylic acids is 1. The second kappa shape index (κ2) is 11.3. The topological polar surface area (TPSA) is 72.3 Å². The minimum atomic E-state index is -4.42. The van der Waals surface area contributed by atoms with Gasteiger partial charge in [0.25, 0.3) is 0 Å². The van der Waals surface area contributed by atoms with E-state index < -0.39 is 24.4 Å². The van der Waals surface area contributed by atoms with Gasteiger partial charge in [0.2, 0.25) is 17.7 Å². The van der Waals surface area contributed by atoms with Gasteiger partial charge in [-0.05, 0) is 44.1 Å². The molecule has 0 aromatic carbocycles. The maximum absolute atomic E-state index is 15.5. The maximum Gasteiger partial charge on any atom is 0.422 e. The first-order chi connectivity index (χ1) is 17.5. The summed E-state index contributed by atoms with van der Waals surface area (Å²) < 4.78 is 72.5. The van der Waals surface area contributed by atoms with Crippen molar-refractivity contribution in [3.05, 3.63) is 41.1 Å². The van der Waals surface area contributed by atoms with Crippen molar-refractivity contribution < 1.29 is 31.5 Å². The van der Waals surface area contributed by atoms with E-state index >= 15 is 4.39 Å². The van der Waals surface area contributed by atoms with Gasteiger partial charge in [-0.3, -0.25) is 9.48 Å². The third kappa shape index (κ3) is 7.86. The van der Waals surface area contributed by atoms with E-state index in [2.05, 4.69) is 20.3 Å². The molecule has 37 heavy (non-hydrogen) atoms. The maximum atomic E-state index is 15.5. The van der Waals surface area contributed by atoms with Crippen molar-refractivity contribution in [1.29, 1.82) is 0 Å². The number of pyridine rings is 1. The molecule has 0 atom stereocenters. The predicted octanol–water partition coefficient (Wildman–Crippen LogP) is 3.70. The van der Waals surface area contributed by atoms with E-state index in [-0.39, 0.29) is 29.8 Å². The summed E-state index contributed by atoms with van der Waals surface area (Å²) in [4.78, 5) is 18.7. The number of hydrogen-bond acceptors (Lipinski definition) is 5. The van der Waals surface area contributed by atoms with Crippen LogP contribution in [0.5, 0.6) is 5.88 Å². The van der Waals surface area contributed by atoms with E-state index in [0.717, 1.165) is 17.8 Å². The molecule has 0 saturated heterocycles. The molecule has 0 spiro atoms. The van der Waals surface area contributed by atoms with Crippen LogP contribution in [0.4, 0.5) is 22.0 Å². The Kier molecular flexibility index (Phi) is 8.35. The number of rotatable bonds is 8. The third-order valence-electron chi connectivity index (χ3n) is 7.12. The second-order valence-corrected chi connectivity index (χ2v) is 10.0. The van der Waals surface area contributed by atoms with Crippen LogP contribution >= 0.6 is 0 Å². The van der Waals surface area contributed by atoms with Gasteiger partial charge in [-0.15, -0.1) is 5.10 Å². The molecule has 1 aliphatic heterocycles. The van der Waals surface area contributed by atoms with Crippen molar-refractivity contribution in [2.45, 2.75) is 69.3 Å². The molecule has 204 valence electrons. The van der Waals surface area contributed by atoms with Crippen LogP contribution in [-0.2, 0) is 31.1 Å². The molecule has 7 nitrogen and oxygen atoms in total. The number of amides is 1. The molecule has 3 heterocycles. The molecule has 0 radical (unpaired) electrons. The first kappa shape index (κ1) is 27.3. The normalized spacial score (nSPS) is 22.8. The quantitative estimate of drug-likeness (QED) is 0.529. The highest BCUT2D eigenvalue weighted by atomic mass is 19.4. The first-order valence-electron chi connectivity index (χ1n) is 12.5. The van der Waals surface area contributed by atoms with Gasteiger partial charge in [0.1, 0.15) is 5.67 Å². The summed E-state index contributed by atoms with van der Waals surface area (Å²) in [6, 6.07) is 3.08. The van der Waals surface area contributed by atoms with Gasteiger partial charge in [-0.25, -0.2) is 9.37 Å². The molecular formula is C25H32F5N5O2. The molecule has 1 fully saturated rings. The zero-order valence-electron chi connectivity index (χ0n) is 20.8. The van der Waals surface area contributed by atoms with Gasteiger partial charge in [-0.1, -0.05) is 6.07 Å². The number of aromatic nitrogens is 3. The minimum absolute atomic E-state index is 0.0401. The molecule has 0 bridgehead atoms. The average Bonchev–Trinajstić information content (AvgIpc) is 3.02. The number of halogens is 5. The zero-order chi connectivity index (χ0) is 26.6. The molecule has 2 aromatic rings. The summed E-state index contributed by atoms with van der Waals surface area (Å²) in [7, 11) is 1.58. The highest BCUT2D eigenvalue weighted by Gasteiger charge is 2.36. The predicted molar refractivity (Wildman–Crippen MR) is 125 cm³/mol. The van der Waals surface area contributed by atoms with Crippen LogP contribution in [0.2, 0.25) is 0 Å². The highest BCUT2D eigenvalue weighted by Crippen LogP contribution is 2.35. The number of aryl methyl sites for hydroxylation is 1. The molecule has 0 unspecified atom stereocenters. The molecule has 1 N–H and O–H groups in total. The Hall–Kier alpha value is -2.76. The van der Waals surface area contributed by atoms with E-state index in [1.165, 1.54) is 16.9 Å². The van der Waals surface area contributed by atoms with Crippen molar-refractivity contribution in [3.8, 4) is 5.88 Å². The monoisotopic (exact) mass is 529 g/mol. The molecule has 1 aliphatic carbocycles. The molecule has 2 aliphatic rings. The molecular weight excluding hydrogens is 497 g/mol. The Morgan fingerprint density at radius 2 is 1.95 bits per heavy atom. The lowest BCUT2D eigenvalue weighted by Gasteiger charge is -2.35. The summed E-state index contributed by atoms with van der Waals surface area (Å²) in [6.07, 6.45) is 0.302.